The number of amidine groups is 1. The van der Waals surface area contributed by atoms with Gasteiger partial charge in [-0.25, -0.2) is 0 Å². The molecule has 0 fully saturated rings. The van der Waals surface area contributed by atoms with Crippen LogP contribution in [0.5, 0.6) is 0 Å². The van der Waals surface area contributed by atoms with E-state index in [1.165, 1.54) is 0 Å². The molecule has 4 N–H and O–H groups in total. The third-order valence-electron chi connectivity index (χ3n) is 2.12. The second-order valence-electron chi connectivity index (χ2n) is 3.29. The minimum atomic E-state index is -0.659. The molecule has 1 unspecified atom stereocenters. The molecule has 0 aliphatic carbocycles. The fourth-order valence-corrected chi connectivity index (χ4v) is 1.05. The minimum Gasteiger partial charge on any atom is -0.409 e. The van der Waals surface area contributed by atoms with Crippen molar-refractivity contribution in [2.45, 2.75) is 13.5 Å². The van der Waals surface area contributed by atoms with E-state index in [1.807, 2.05) is 6.07 Å². The van der Waals surface area contributed by atoms with E-state index < -0.39 is 5.92 Å². The van der Waals surface area contributed by atoms with Crippen LogP contribution >= 0.6 is 0 Å². The molecule has 1 rings (SSSR count). The van der Waals surface area contributed by atoms with Crippen molar-refractivity contribution < 1.29 is 10.0 Å². The molecule has 0 bridgehead atoms. The molecule has 6 nitrogen and oxygen atoms in total. The van der Waals surface area contributed by atoms with Gasteiger partial charge in [-0.15, -0.1) is 0 Å². The molecule has 0 aromatic carbocycles. The van der Waals surface area contributed by atoms with Gasteiger partial charge in [-0.2, -0.15) is 0 Å². The van der Waals surface area contributed by atoms with Crippen LogP contribution in [0.4, 0.5) is 0 Å². The van der Waals surface area contributed by atoms with E-state index >= 15 is 0 Å². The molecular weight excluding hydrogens is 208 g/mol. The van der Waals surface area contributed by atoms with Crippen molar-refractivity contribution in [2.75, 3.05) is 0 Å². The van der Waals surface area contributed by atoms with Gasteiger partial charge < -0.3 is 16.3 Å². The number of hydrogen-bond acceptors (Lipinski definition) is 4. The van der Waals surface area contributed by atoms with Gasteiger partial charge in [0, 0.05) is 6.20 Å². The number of carbonyl (C=O) groups excluding carboxylic acids is 1. The number of nitrogens with zero attached hydrogens (tertiary/aromatic N) is 2. The summed E-state index contributed by atoms with van der Waals surface area (Å²) in [6.45, 7) is 1.88. The van der Waals surface area contributed by atoms with Crippen LogP contribution < -0.4 is 11.1 Å². The molecule has 1 amide bonds. The average Bonchev–Trinajstić information content (AvgIpc) is 2.35. The number of nitrogens with one attached hydrogen (secondary N) is 1. The summed E-state index contributed by atoms with van der Waals surface area (Å²) in [5.41, 5.74) is 6.06. The first-order chi connectivity index (χ1) is 7.65. The summed E-state index contributed by atoms with van der Waals surface area (Å²) in [7, 11) is 0. The van der Waals surface area contributed by atoms with E-state index in [2.05, 4.69) is 15.5 Å². The molecule has 0 aliphatic heterocycles. The lowest BCUT2D eigenvalue weighted by molar-refractivity contribution is -0.122. The van der Waals surface area contributed by atoms with Crippen molar-refractivity contribution >= 4 is 11.7 Å². The second-order valence-corrected chi connectivity index (χ2v) is 3.29. The van der Waals surface area contributed by atoms with E-state index in [1.54, 1.807) is 25.3 Å². The van der Waals surface area contributed by atoms with Crippen molar-refractivity contribution in [3.05, 3.63) is 30.1 Å². The van der Waals surface area contributed by atoms with Gasteiger partial charge in [0.1, 0.15) is 0 Å². The number of carbonyl (C=O) groups is 1. The van der Waals surface area contributed by atoms with E-state index in [4.69, 9.17) is 10.9 Å². The van der Waals surface area contributed by atoms with Gasteiger partial charge in [-0.05, 0) is 19.1 Å². The first-order valence-corrected chi connectivity index (χ1v) is 4.80. The van der Waals surface area contributed by atoms with Gasteiger partial charge in [-0.3, -0.25) is 9.78 Å². The Labute approximate surface area is 93.2 Å². The molecule has 0 saturated heterocycles. The van der Waals surface area contributed by atoms with Crippen LogP contribution in [0, 0.1) is 5.92 Å². The predicted molar refractivity (Wildman–Crippen MR) is 58.7 cm³/mol. The Balaban J connectivity index is 2.48. The van der Waals surface area contributed by atoms with E-state index in [0.717, 1.165) is 5.69 Å². The van der Waals surface area contributed by atoms with Gasteiger partial charge in [0.25, 0.3) is 0 Å². The van der Waals surface area contributed by atoms with Crippen molar-refractivity contribution in [1.29, 1.82) is 0 Å². The quantitative estimate of drug-likeness (QED) is 0.290. The smallest absolute Gasteiger partial charge is 0.230 e. The van der Waals surface area contributed by atoms with Crippen LogP contribution in [0.2, 0.25) is 0 Å². The lowest BCUT2D eigenvalue weighted by Crippen LogP contribution is -2.36. The molecule has 0 radical (unpaired) electrons. The van der Waals surface area contributed by atoms with Gasteiger partial charge >= 0.3 is 0 Å². The third kappa shape index (κ3) is 3.23. The summed E-state index contributed by atoms with van der Waals surface area (Å²) in [6, 6.07) is 5.43. The van der Waals surface area contributed by atoms with Crippen LogP contribution in [0.3, 0.4) is 0 Å². The molecular formula is C10H14N4O2. The summed E-state index contributed by atoms with van der Waals surface area (Å²) in [5, 5.41) is 13.8. The molecule has 1 atom stereocenters. The van der Waals surface area contributed by atoms with Crippen LogP contribution in [-0.2, 0) is 11.3 Å². The maximum atomic E-state index is 11.5. The fraction of sp³-hybridized carbons (Fsp3) is 0.300. The number of hydrogen-bond donors (Lipinski definition) is 3. The zero-order chi connectivity index (χ0) is 12.0. The average molecular weight is 222 g/mol. The highest BCUT2D eigenvalue weighted by Gasteiger charge is 2.16. The van der Waals surface area contributed by atoms with Crippen LogP contribution in [0.1, 0.15) is 12.6 Å². The minimum absolute atomic E-state index is 0.112. The molecule has 16 heavy (non-hydrogen) atoms. The fourth-order valence-electron chi connectivity index (χ4n) is 1.05. The maximum absolute atomic E-state index is 11.5. The lowest BCUT2D eigenvalue weighted by Gasteiger charge is -2.09. The predicted octanol–water partition coefficient (Wildman–Crippen LogP) is 0.0803. The molecule has 0 spiro atoms. The number of aromatic nitrogens is 1. The highest BCUT2D eigenvalue weighted by Crippen LogP contribution is 1.97. The highest BCUT2D eigenvalue weighted by molar-refractivity contribution is 6.01. The number of oxime groups is 1. The molecule has 0 aliphatic rings. The molecule has 0 saturated carbocycles. The summed E-state index contributed by atoms with van der Waals surface area (Å²) < 4.78 is 0. The summed E-state index contributed by atoms with van der Waals surface area (Å²) in [4.78, 5) is 15.6. The Morgan fingerprint density at radius 2 is 2.44 bits per heavy atom. The van der Waals surface area contributed by atoms with Crippen LogP contribution in [0.25, 0.3) is 0 Å². The summed E-state index contributed by atoms with van der Waals surface area (Å²) in [5.74, 6) is -1.08. The molecule has 6 heteroatoms. The number of amides is 1. The Kier molecular flexibility index (Phi) is 4.26. The maximum Gasteiger partial charge on any atom is 0.230 e. The largest absolute Gasteiger partial charge is 0.409 e. The molecule has 1 aromatic heterocycles. The van der Waals surface area contributed by atoms with Crippen molar-refractivity contribution in [1.82, 2.24) is 10.3 Å². The third-order valence-corrected chi connectivity index (χ3v) is 2.12. The number of nitrogens with two attached hydrogens (primary N) is 1. The van der Waals surface area contributed by atoms with Gasteiger partial charge in [0.15, 0.2) is 5.84 Å². The normalized spacial score (nSPS) is 13.2. The van der Waals surface area contributed by atoms with Crippen molar-refractivity contribution in [3.8, 4) is 0 Å². The molecule has 1 aromatic rings. The Morgan fingerprint density at radius 1 is 1.69 bits per heavy atom. The zero-order valence-electron chi connectivity index (χ0n) is 8.92. The van der Waals surface area contributed by atoms with E-state index in [9.17, 15) is 4.79 Å². The second kappa shape index (κ2) is 5.69. The Morgan fingerprint density at radius 3 is 3.00 bits per heavy atom. The van der Waals surface area contributed by atoms with Gasteiger partial charge in [0.05, 0.1) is 18.2 Å². The monoisotopic (exact) mass is 222 g/mol. The summed E-state index contributed by atoms with van der Waals surface area (Å²) in [6.07, 6.45) is 1.65. The topological polar surface area (TPSA) is 101 Å². The van der Waals surface area contributed by atoms with E-state index in [0.29, 0.717) is 6.54 Å². The first-order valence-electron chi connectivity index (χ1n) is 4.80. The van der Waals surface area contributed by atoms with Crippen molar-refractivity contribution in [3.63, 3.8) is 0 Å². The van der Waals surface area contributed by atoms with Gasteiger partial charge in [0.2, 0.25) is 5.91 Å². The lowest BCUT2D eigenvalue weighted by atomic mass is 10.1. The number of rotatable bonds is 4. The van der Waals surface area contributed by atoms with Crippen molar-refractivity contribution in [2.24, 2.45) is 16.8 Å². The highest BCUT2D eigenvalue weighted by atomic mass is 16.4. The standard InChI is InChI=1S/C10H14N4O2/c1-7(9(11)14-16)10(15)13-6-8-4-2-3-5-12-8/h2-5,7,16H,6H2,1H3,(H2,11,14)(H,13,15). The zero-order valence-corrected chi connectivity index (χ0v) is 8.92. The molecule has 1 heterocycles. The first kappa shape index (κ1) is 12.0. The summed E-state index contributed by atoms with van der Waals surface area (Å²) >= 11 is 0. The van der Waals surface area contributed by atoms with Crippen LogP contribution in [-0.4, -0.2) is 21.9 Å². The van der Waals surface area contributed by atoms with E-state index in [-0.39, 0.29) is 11.7 Å². The Bertz CT molecular complexity index is 378. The number of pyridine rings is 1. The Hall–Kier alpha value is -2.11. The SMILES string of the molecule is CC(C(=O)NCc1ccccn1)C(N)=NO. The van der Waals surface area contributed by atoms with Gasteiger partial charge in [-0.1, -0.05) is 11.2 Å². The molecule has 86 valence electrons. The van der Waals surface area contributed by atoms with Crippen LogP contribution in [0.15, 0.2) is 29.6 Å².